The van der Waals surface area contributed by atoms with E-state index in [1.54, 1.807) is 6.07 Å². The van der Waals surface area contributed by atoms with Crippen LogP contribution in [0, 0.1) is 6.92 Å². The standard InChI is InChI=1S/C19H23F3N4O.HI/c1-3-23-18(25-11-15-6-4-14(2)5-7-15)26-12-16-8-9-24-17(10-16)27-13-19(20,21)22;/h4-10H,3,11-13H2,1-2H3,(H2,23,25,26);1H. The average molecular weight is 508 g/mol. The lowest BCUT2D eigenvalue weighted by atomic mass is 10.1. The van der Waals surface area contributed by atoms with E-state index >= 15 is 0 Å². The van der Waals surface area contributed by atoms with Crippen LogP contribution in [-0.4, -0.2) is 30.3 Å². The molecule has 2 rings (SSSR count). The SMILES string of the molecule is CCNC(=NCc1ccnc(OCC(F)(F)F)c1)NCc1ccc(C)cc1.I. The van der Waals surface area contributed by atoms with Crippen LogP contribution < -0.4 is 15.4 Å². The van der Waals surface area contributed by atoms with Crippen molar-refractivity contribution >= 4 is 29.9 Å². The van der Waals surface area contributed by atoms with Gasteiger partial charge >= 0.3 is 6.18 Å². The fraction of sp³-hybridized carbons (Fsp3) is 0.368. The second-order valence-corrected chi connectivity index (χ2v) is 5.94. The van der Waals surface area contributed by atoms with Crippen LogP contribution in [0.1, 0.15) is 23.6 Å². The van der Waals surface area contributed by atoms with Gasteiger partial charge < -0.3 is 15.4 Å². The van der Waals surface area contributed by atoms with Crippen LogP contribution in [-0.2, 0) is 13.1 Å². The Kier molecular flexibility index (Phi) is 10.0. The summed E-state index contributed by atoms with van der Waals surface area (Å²) in [6.07, 6.45) is -2.99. The Bertz CT molecular complexity index is 752. The Morgan fingerprint density at radius 3 is 2.46 bits per heavy atom. The molecule has 0 radical (unpaired) electrons. The number of benzene rings is 1. The first kappa shape index (κ1) is 24.0. The molecule has 0 bridgehead atoms. The van der Waals surface area contributed by atoms with Gasteiger partial charge in [0.15, 0.2) is 12.6 Å². The van der Waals surface area contributed by atoms with E-state index in [0.29, 0.717) is 24.6 Å². The number of hydrogen-bond acceptors (Lipinski definition) is 3. The maximum absolute atomic E-state index is 12.2. The van der Waals surface area contributed by atoms with Gasteiger partial charge in [0.1, 0.15) is 0 Å². The summed E-state index contributed by atoms with van der Waals surface area (Å²) in [6.45, 7) is 4.21. The maximum Gasteiger partial charge on any atom is 0.422 e. The Morgan fingerprint density at radius 2 is 1.82 bits per heavy atom. The van der Waals surface area contributed by atoms with E-state index in [2.05, 4.69) is 25.3 Å². The lowest BCUT2D eigenvalue weighted by molar-refractivity contribution is -0.154. The quantitative estimate of drug-likeness (QED) is 0.335. The van der Waals surface area contributed by atoms with Gasteiger partial charge in [-0.05, 0) is 31.0 Å². The molecule has 1 aromatic carbocycles. The number of hydrogen-bond donors (Lipinski definition) is 2. The van der Waals surface area contributed by atoms with Crippen molar-refractivity contribution in [3.8, 4) is 5.88 Å². The molecule has 0 saturated heterocycles. The highest BCUT2D eigenvalue weighted by atomic mass is 127. The lowest BCUT2D eigenvalue weighted by Crippen LogP contribution is -2.36. The minimum Gasteiger partial charge on any atom is -0.468 e. The molecular formula is C19H24F3IN4O. The van der Waals surface area contributed by atoms with E-state index in [0.717, 1.165) is 5.56 Å². The molecule has 0 amide bonds. The van der Waals surface area contributed by atoms with Gasteiger partial charge in [-0.25, -0.2) is 9.98 Å². The van der Waals surface area contributed by atoms with Crippen LogP contribution in [0.15, 0.2) is 47.6 Å². The Morgan fingerprint density at radius 1 is 1.11 bits per heavy atom. The first-order valence-electron chi connectivity index (χ1n) is 8.58. The molecule has 28 heavy (non-hydrogen) atoms. The van der Waals surface area contributed by atoms with Crippen LogP contribution in [0.25, 0.3) is 0 Å². The van der Waals surface area contributed by atoms with Crippen LogP contribution in [0.2, 0.25) is 0 Å². The van der Waals surface area contributed by atoms with E-state index < -0.39 is 12.8 Å². The van der Waals surface area contributed by atoms with Crippen LogP contribution >= 0.6 is 24.0 Å². The number of pyridine rings is 1. The Balaban J connectivity index is 0.00000392. The van der Waals surface area contributed by atoms with Crippen molar-refractivity contribution in [2.45, 2.75) is 33.1 Å². The van der Waals surface area contributed by atoms with Gasteiger partial charge in [-0.3, -0.25) is 0 Å². The normalized spacial score (nSPS) is 11.5. The summed E-state index contributed by atoms with van der Waals surface area (Å²) in [4.78, 5) is 8.24. The minimum atomic E-state index is -4.39. The largest absolute Gasteiger partial charge is 0.468 e. The number of guanidine groups is 1. The van der Waals surface area contributed by atoms with Gasteiger partial charge in [-0.15, -0.1) is 24.0 Å². The fourth-order valence-corrected chi connectivity index (χ4v) is 2.19. The first-order chi connectivity index (χ1) is 12.9. The highest BCUT2D eigenvalue weighted by Crippen LogP contribution is 2.17. The third-order valence-electron chi connectivity index (χ3n) is 3.53. The van der Waals surface area contributed by atoms with Crippen molar-refractivity contribution in [1.29, 1.82) is 0 Å². The van der Waals surface area contributed by atoms with Gasteiger partial charge in [-0.1, -0.05) is 29.8 Å². The van der Waals surface area contributed by atoms with Gasteiger partial charge in [0.25, 0.3) is 0 Å². The first-order valence-corrected chi connectivity index (χ1v) is 8.58. The van der Waals surface area contributed by atoms with E-state index in [-0.39, 0.29) is 36.4 Å². The third kappa shape index (κ3) is 9.25. The van der Waals surface area contributed by atoms with Gasteiger partial charge in [0.2, 0.25) is 5.88 Å². The highest BCUT2D eigenvalue weighted by Gasteiger charge is 2.28. The van der Waals surface area contributed by atoms with Crippen LogP contribution in [0.4, 0.5) is 13.2 Å². The van der Waals surface area contributed by atoms with Crippen molar-refractivity contribution in [2.24, 2.45) is 4.99 Å². The zero-order valence-electron chi connectivity index (χ0n) is 15.7. The molecule has 0 aliphatic carbocycles. The highest BCUT2D eigenvalue weighted by molar-refractivity contribution is 14.0. The summed E-state index contributed by atoms with van der Waals surface area (Å²) in [5.41, 5.74) is 3.02. The van der Waals surface area contributed by atoms with Gasteiger partial charge in [0, 0.05) is 25.4 Å². The second-order valence-electron chi connectivity index (χ2n) is 5.94. The molecule has 0 aliphatic heterocycles. The molecule has 0 aliphatic rings. The molecule has 1 heterocycles. The third-order valence-corrected chi connectivity index (χ3v) is 3.53. The molecule has 2 aromatic rings. The summed E-state index contributed by atoms with van der Waals surface area (Å²) >= 11 is 0. The lowest BCUT2D eigenvalue weighted by Gasteiger charge is -2.12. The Labute approximate surface area is 179 Å². The van der Waals surface area contributed by atoms with Crippen molar-refractivity contribution in [2.75, 3.05) is 13.2 Å². The predicted octanol–water partition coefficient (Wildman–Crippen LogP) is 4.20. The number of nitrogens with zero attached hydrogens (tertiary/aromatic N) is 2. The van der Waals surface area contributed by atoms with Crippen LogP contribution in [0.5, 0.6) is 5.88 Å². The summed E-state index contributed by atoms with van der Waals surface area (Å²) in [5.74, 6) is 0.547. The predicted molar refractivity (Wildman–Crippen MR) is 114 cm³/mol. The van der Waals surface area contributed by atoms with E-state index in [1.165, 1.54) is 17.8 Å². The van der Waals surface area contributed by atoms with E-state index in [4.69, 9.17) is 0 Å². The van der Waals surface area contributed by atoms with Crippen LogP contribution in [0.3, 0.4) is 0 Å². The van der Waals surface area contributed by atoms with Gasteiger partial charge in [-0.2, -0.15) is 13.2 Å². The van der Waals surface area contributed by atoms with E-state index in [1.807, 2.05) is 38.1 Å². The molecule has 2 N–H and O–H groups in total. The minimum absolute atomic E-state index is 0. The molecule has 0 unspecified atom stereocenters. The number of halogens is 4. The summed E-state index contributed by atoms with van der Waals surface area (Å²) in [6, 6.07) is 11.3. The molecule has 0 saturated carbocycles. The summed E-state index contributed by atoms with van der Waals surface area (Å²) in [7, 11) is 0. The molecule has 5 nitrogen and oxygen atoms in total. The molecule has 0 atom stereocenters. The van der Waals surface area contributed by atoms with Crippen molar-refractivity contribution in [3.63, 3.8) is 0 Å². The van der Waals surface area contributed by atoms with Crippen molar-refractivity contribution in [3.05, 3.63) is 59.3 Å². The van der Waals surface area contributed by atoms with Gasteiger partial charge in [0.05, 0.1) is 6.54 Å². The number of aryl methyl sites for hydroxylation is 1. The number of aliphatic imine (C=N–C) groups is 1. The Hall–Kier alpha value is -2.04. The fourth-order valence-electron chi connectivity index (χ4n) is 2.19. The monoisotopic (exact) mass is 508 g/mol. The summed E-state index contributed by atoms with van der Waals surface area (Å²) in [5, 5.41) is 6.37. The van der Waals surface area contributed by atoms with Crippen molar-refractivity contribution < 1.29 is 17.9 Å². The molecule has 1 aromatic heterocycles. The zero-order chi connectivity index (χ0) is 19.7. The van der Waals surface area contributed by atoms with E-state index in [9.17, 15) is 13.2 Å². The topological polar surface area (TPSA) is 58.5 Å². The van der Waals surface area contributed by atoms with Crippen molar-refractivity contribution in [1.82, 2.24) is 15.6 Å². The summed E-state index contributed by atoms with van der Waals surface area (Å²) < 4.78 is 41.4. The molecule has 9 heteroatoms. The molecular weight excluding hydrogens is 484 g/mol. The molecule has 0 spiro atoms. The smallest absolute Gasteiger partial charge is 0.422 e. The average Bonchev–Trinajstić information content (AvgIpc) is 2.63. The number of ether oxygens (including phenoxy) is 1. The zero-order valence-corrected chi connectivity index (χ0v) is 18.0. The second kappa shape index (κ2) is 11.7. The molecule has 0 fully saturated rings. The molecule has 154 valence electrons. The number of rotatable bonds is 7. The maximum atomic E-state index is 12.2. The number of alkyl halides is 3. The number of aromatic nitrogens is 1. The number of nitrogens with one attached hydrogen (secondary N) is 2.